The number of nitro groups is 1. The summed E-state index contributed by atoms with van der Waals surface area (Å²) in [4.78, 5) is 22.0. The Hall–Kier alpha value is -2.63. The Morgan fingerprint density at radius 2 is 1.85 bits per heavy atom. The molecule has 2 aromatic rings. The third-order valence-electron chi connectivity index (χ3n) is 2.77. The molecule has 2 rings (SSSR count). The fourth-order valence-electron chi connectivity index (χ4n) is 1.80. The predicted octanol–water partition coefficient (Wildman–Crippen LogP) is 3.30. The Balaban J connectivity index is 2.35. The van der Waals surface area contributed by atoms with Crippen LogP contribution >= 0.6 is 0 Å². The van der Waals surface area contributed by atoms with Gasteiger partial charge in [-0.25, -0.2) is 8.78 Å². The fourth-order valence-corrected chi connectivity index (χ4v) is 1.80. The molecule has 20 heavy (non-hydrogen) atoms. The first kappa shape index (κ1) is 13.8. The van der Waals surface area contributed by atoms with Crippen LogP contribution in [0.25, 0.3) is 0 Å². The lowest BCUT2D eigenvalue weighted by molar-refractivity contribution is -0.385. The lowest BCUT2D eigenvalue weighted by Gasteiger charge is -2.04. The second-order valence-electron chi connectivity index (χ2n) is 4.11. The molecule has 0 amide bonds. The summed E-state index contributed by atoms with van der Waals surface area (Å²) in [6.07, 6.45) is -0.320. The van der Waals surface area contributed by atoms with E-state index >= 15 is 0 Å². The predicted molar refractivity (Wildman–Crippen MR) is 67.5 cm³/mol. The standard InChI is InChI=1S/C14H9F2NO3/c15-10-5-6-11(13(8-10)17(19)20)14(18)7-9-3-1-2-4-12(9)16/h1-6,8H,7H2. The molecular formula is C14H9F2NO3. The van der Waals surface area contributed by atoms with Crippen molar-refractivity contribution in [1.82, 2.24) is 0 Å². The highest BCUT2D eigenvalue weighted by molar-refractivity contribution is 6.01. The summed E-state index contributed by atoms with van der Waals surface area (Å²) in [7, 11) is 0. The quantitative estimate of drug-likeness (QED) is 0.489. The summed E-state index contributed by atoms with van der Waals surface area (Å²) < 4.78 is 26.4. The first-order valence-corrected chi connectivity index (χ1v) is 5.69. The van der Waals surface area contributed by atoms with E-state index in [0.29, 0.717) is 6.07 Å². The summed E-state index contributed by atoms with van der Waals surface area (Å²) in [6.45, 7) is 0. The average molecular weight is 277 g/mol. The van der Waals surface area contributed by atoms with Crippen molar-refractivity contribution in [2.75, 3.05) is 0 Å². The zero-order chi connectivity index (χ0) is 14.7. The summed E-state index contributed by atoms with van der Waals surface area (Å²) in [6, 6.07) is 8.32. The second kappa shape index (κ2) is 5.56. The minimum Gasteiger partial charge on any atom is -0.294 e. The fraction of sp³-hybridized carbons (Fsp3) is 0.0714. The minimum absolute atomic E-state index is 0.135. The number of nitrogens with zero attached hydrogens (tertiary/aromatic N) is 1. The molecule has 0 aliphatic heterocycles. The molecule has 0 aliphatic rings. The first-order chi connectivity index (χ1) is 9.49. The third-order valence-corrected chi connectivity index (χ3v) is 2.77. The summed E-state index contributed by atoms with van der Waals surface area (Å²) >= 11 is 0. The van der Waals surface area contributed by atoms with Gasteiger partial charge in [-0.3, -0.25) is 14.9 Å². The minimum atomic E-state index is -0.836. The van der Waals surface area contributed by atoms with E-state index < -0.39 is 28.0 Å². The van der Waals surface area contributed by atoms with Gasteiger partial charge in [0.2, 0.25) is 0 Å². The normalized spacial score (nSPS) is 10.3. The highest BCUT2D eigenvalue weighted by Gasteiger charge is 2.21. The Morgan fingerprint density at radius 1 is 1.15 bits per heavy atom. The molecule has 4 nitrogen and oxygen atoms in total. The van der Waals surface area contributed by atoms with Crippen LogP contribution in [0.3, 0.4) is 0 Å². The van der Waals surface area contributed by atoms with Crippen LogP contribution in [0.15, 0.2) is 42.5 Å². The molecular weight excluding hydrogens is 268 g/mol. The molecule has 0 heterocycles. The van der Waals surface area contributed by atoms with Crippen molar-refractivity contribution >= 4 is 11.5 Å². The van der Waals surface area contributed by atoms with Gasteiger partial charge < -0.3 is 0 Å². The Morgan fingerprint density at radius 3 is 2.50 bits per heavy atom. The Bertz CT molecular complexity index is 686. The first-order valence-electron chi connectivity index (χ1n) is 5.69. The number of carbonyl (C=O) groups excluding carboxylic acids is 1. The number of hydrogen-bond acceptors (Lipinski definition) is 3. The van der Waals surface area contributed by atoms with E-state index in [9.17, 15) is 23.7 Å². The number of benzene rings is 2. The maximum absolute atomic E-state index is 13.4. The van der Waals surface area contributed by atoms with Gasteiger partial charge in [-0.2, -0.15) is 0 Å². The van der Waals surface area contributed by atoms with E-state index in [4.69, 9.17) is 0 Å². The largest absolute Gasteiger partial charge is 0.294 e. The van der Waals surface area contributed by atoms with Gasteiger partial charge in [0.15, 0.2) is 5.78 Å². The van der Waals surface area contributed by atoms with Crippen LogP contribution < -0.4 is 0 Å². The number of rotatable bonds is 4. The molecule has 0 saturated carbocycles. The molecule has 0 unspecified atom stereocenters. The molecule has 0 saturated heterocycles. The molecule has 0 atom stereocenters. The highest BCUT2D eigenvalue weighted by atomic mass is 19.1. The molecule has 0 aliphatic carbocycles. The second-order valence-corrected chi connectivity index (χ2v) is 4.11. The molecule has 0 bridgehead atoms. The number of nitro benzene ring substituents is 1. The van der Waals surface area contributed by atoms with Crippen molar-refractivity contribution in [3.8, 4) is 0 Å². The van der Waals surface area contributed by atoms with Gasteiger partial charge in [0, 0.05) is 6.42 Å². The Labute approximate surface area is 112 Å². The van der Waals surface area contributed by atoms with Crippen LogP contribution in [0.4, 0.5) is 14.5 Å². The van der Waals surface area contributed by atoms with Gasteiger partial charge in [-0.05, 0) is 23.8 Å². The van der Waals surface area contributed by atoms with Gasteiger partial charge in [0.05, 0.1) is 16.6 Å². The lowest BCUT2D eigenvalue weighted by atomic mass is 10.0. The van der Waals surface area contributed by atoms with E-state index in [1.165, 1.54) is 18.2 Å². The molecule has 102 valence electrons. The highest BCUT2D eigenvalue weighted by Crippen LogP contribution is 2.22. The van der Waals surface area contributed by atoms with E-state index in [1.54, 1.807) is 6.07 Å². The molecule has 6 heteroatoms. The van der Waals surface area contributed by atoms with E-state index in [0.717, 1.165) is 12.1 Å². The van der Waals surface area contributed by atoms with Crippen molar-refractivity contribution in [2.24, 2.45) is 0 Å². The monoisotopic (exact) mass is 277 g/mol. The molecule has 0 aromatic heterocycles. The number of carbonyl (C=O) groups is 1. The summed E-state index contributed by atoms with van der Waals surface area (Å²) in [5.41, 5.74) is -0.720. The lowest BCUT2D eigenvalue weighted by Crippen LogP contribution is -2.08. The van der Waals surface area contributed by atoms with Crippen LogP contribution in [-0.4, -0.2) is 10.7 Å². The SMILES string of the molecule is O=C(Cc1ccccc1F)c1ccc(F)cc1[N+](=O)[O-]. The van der Waals surface area contributed by atoms with E-state index in [-0.39, 0.29) is 17.5 Å². The smallest absolute Gasteiger partial charge is 0.283 e. The molecule has 0 radical (unpaired) electrons. The number of halogens is 2. The molecule has 0 fully saturated rings. The topological polar surface area (TPSA) is 60.2 Å². The summed E-state index contributed by atoms with van der Waals surface area (Å²) in [5.74, 6) is -2.01. The molecule has 0 N–H and O–H groups in total. The van der Waals surface area contributed by atoms with E-state index in [1.807, 2.05) is 0 Å². The van der Waals surface area contributed by atoms with Gasteiger partial charge in [-0.15, -0.1) is 0 Å². The van der Waals surface area contributed by atoms with Gasteiger partial charge in [0.1, 0.15) is 11.6 Å². The van der Waals surface area contributed by atoms with Crippen LogP contribution in [0.1, 0.15) is 15.9 Å². The van der Waals surface area contributed by atoms with Crippen molar-refractivity contribution in [1.29, 1.82) is 0 Å². The molecule has 2 aromatic carbocycles. The maximum Gasteiger partial charge on any atom is 0.283 e. The van der Waals surface area contributed by atoms with Crippen molar-refractivity contribution in [3.63, 3.8) is 0 Å². The number of hydrogen-bond donors (Lipinski definition) is 0. The Kier molecular flexibility index (Phi) is 3.84. The van der Waals surface area contributed by atoms with Gasteiger partial charge in [-0.1, -0.05) is 18.2 Å². The zero-order valence-corrected chi connectivity index (χ0v) is 10.2. The van der Waals surface area contributed by atoms with Crippen molar-refractivity contribution in [2.45, 2.75) is 6.42 Å². The average Bonchev–Trinajstić information content (AvgIpc) is 2.41. The van der Waals surface area contributed by atoms with Gasteiger partial charge in [0.25, 0.3) is 5.69 Å². The van der Waals surface area contributed by atoms with Gasteiger partial charge >= 0.3 is 0 Å². The number of ketones is 1. The maximum atomic E-state index is 13.4. The van der Waals surface area contributed by atoms with Crippen LogP contribution in [0.5, 0.6) is 0 Å². The van der Waals surface area contributed by atoms with E-state index in [2.05, 4.69) is 0 Å². The van der Waals surface area contributed by atoms with Crippen LogP contribution in [-0.2, 0) is 6.42 Å². The van der Waals surface area contributed by atoms with Crippen LogP contribution in [0, 0.1) is 21.7 Å². The molecule has 0 spiro atoms. The van der Waals surface area contributed by atoms with Crippen molar-refractivity contribution in [3.05, 3.63) is 75.3 Å². The summed E-state index contributed by atoms with van der Waals surface area (Å²) in [5, 5.41) is 10.8. The number of Topliss-reactive ketones (excluding diaryl/α,β-unsaturated/α-hetero) is 1. The zero-order valence-electron chi connectivity index (χ0n) is 10.2. The van der Waals surface area contributed by atoms with Crippen molar-refractivity contribution < 1.29 is 18.5 Å². The third kappa shape index (κ3) is 2.85. The van der Waals surface area contributed by atoms with Crippen LogP contribution in [0.2, 0.25) is 0 Å².